The molecule has 4 aromatic rings. The highest BCUT2D eigenvalue weighted by Crippen LogP contribution is 2.25. The molecule has 4 rings (SSSR count). The van der Waals surface area contributed by atoms with Crippen LogP contribution < -0.4 is 0 Å². The molecule has 2 aromatic carbocycles. The van der Waals surface area contributed by atoms with Crippen molar-refractivity contribution >= 4 is 11.8 Å². The summed E-state index contributed by atoms with van der Waals surface area (Å²) in [6.45, 7) is 2.02. The molecule has 0 amide bonds. The lowest BCUT2D eigenvalue weighted by molar-refractivity contribution is 0.528. The number of aromatic nitrogens is 6. The van der Waals surface area contributed by atoms with Gasteiger partial charge in [0.15, 0.2) is 0 Å². The molecule has 0 saturated heterocycles. The van der Waals surface area contributed by atoms with E-state index >= 15 is 0 Å². The number of hydrogen-bond donors (Lipinski definition) is 0. The molecule has 0 aliphatic heterocycles. The molecule has 0 bridgehead atoms. The molecule has 7 nitrogen and oxygen atoms in total. The second-order valence-corrected chi connectivity index (χ2v) is 6.26. The zero-order valence-electron chi connectivity index (χ0n) is 13.4. The van der Waals surface area contributed by atoms with Gasteiger partial charge in [-0.3, -0.25) is 0 Å². The Morgan fingerprint density at radius 2 is 1.76 bits per heavy atom. The van der Waals surface area contributed by atoms with Crippen LogP contribution in [0.5, 0.6) is 0 Å². The normalized spacial score (nSPS) is 10.9. The Kier molecular flexibility index (Phi) is 4.26. The summed E-state index contributed by atoms with van der Waals surface area (Å²) in [7, 11) is 0. The first kappa shape index (κ1) is 15.5. The van der Waals surface area contributed by atoms with Crippen molar-refractivity contribution in [2.75, 3.05) is 0 Å². The lowest BCUT2D eigenvalue weighted by Crippen LogP contribution is -2.01. The third kappa shape index (κ3) is 3.29. The molecule has 2 heterocycles. The van der Waals surface area contributed by atoms with Crippen LogP contribution in [0.2, 0.25) is 0 Å². The average Bonchev–Trinajstić information content (AvgIpc) is 3.30. The Labute approximate surface area is 148 Å². The Hall–Kier alpha value is -3.00. The molecular weight excluding hydrogens is 336 g/mol. The van der Waals surface area contributed by atoms with Crippen molar-refractivity contribution in [2.45, 2.75) is 17.8 Å². The van der Waals surface area contributed by atoms with Gasteiger partial charge in [0, 0.05) is 5.56 Å². The molecule has 8 heteroatoms. The molecule has 0 spiro atoms. The standard InChI is InChI=1S/C17H14N6OS/c1-12-7-5-6-10-14(12)23-17(20-21-22-23)25-11-15-18-19-16(24-15)13-8-3-2-4-9-13/h2-10H,11H2,1H3. The molecule has 0 fully saturated rings. The van der Waals surface area contributed by atoms with Crippen LogP contribution in [-0.4, -0.2) is 30.4 Å². The van der Waals surface area contributed by atoms with Gasteiger partial charge in [0.05, 0.1) is 11.4 Å². The minimum absolute atomic E-state index is 0.492. The van der Waals surface area contributed by atoms with Gasteiger partial charge >= 0.3 is 0 Å². The molecule has 25 heavy (non-hydrogen) atoms. The van der Waals surface area contributed by atoms with Crippen molar-refractivity contribution in [3.8, 4) is 17.1 Å². The van der Waals surface area contributed by atoms with Crippen molar-refractivity contribution in [3.63, 3.8) is 0 Å². The SMILES string of the molecule is Cc1ccccc1-n1nnnc1SCc1nnc(-c2ccccc2)o1. The van der Waals surface area contributed by atoms with E-state index in [4.69, 9.17) is 4.42 Å². The van der Waals surface area contributed by atoms with Crippen LogP contribution in [0, 0.1) is 6.92 Å². The Bertz CT molecular complexity index is 981. The van der Waals surface area contributed by atoms with Gasteiger partial charge in [0.25, 0.3) is 0 Å². The van der Waals surface area contributed by atoms with Crippen molar-refractivity contribution in [1.29, 1.82) is 0 Å². The van der Waals surface area contributed by atoms with Gasteiger partial charge < -0.3 is 4.42 Å². The molecule has 0 unspecified atom stereocenters. The van der Waals surface area contributed by atoms with Gasteiger partial charge in [-0.15, -0.1) is 15.3 Å². The van der Waals surface area contributed by atoms with Crippen LogP contribution in [0.1, 0.15) is 11.5 Å². The van der Waals surface area contributed by atoms with E-state index in [1.807, 2.05) is 61.5 Å². The van der Waals surface area contributed by atoms with Crippen molar-refractivity contribution < 1.29 is 4.42 Å². The lowest BCUT2D eigenvalue weighted by atomic mass is 10.2. The number of para-hydroxylation sites is 1. The number of benzene rings is 2. The predicted molar refractivity (Wildman–Crippen MR) is 93.2 cm³/mol. The number of hydrogen-bond acceptors (Lipinski definition) is 7. The van der Waals surface area contributed by atoms with Crippen LogP contribution in [-0.2, 0) is 5.75 Å². The zero-order chi connectivity index (χ0) is 17.1. The van der Waals surface area contributed by atoms with Gasteiger partial charge in [-0.1, -0.05) is 48.2 Å². The van der Waals surface area contributed by atoms with Crippen LogP contribution >= 0.6 is 11.8 Å². The maximum Gasteiger partial charge on any atom is 0.247 e. The van der Waals surface area contributed by atoms with E-state index in [9.17, 15) is 0 Å². The van der Waals surface area contributed by atoms with Gasteiger partial charge in [-0.25, -0.2) is 0 Å². The van der Waals surface area contributed by atoms with E-state index in [2.05, 4.69) is 25.7 Å². The fourth-order valence-corrected chi connectivity index (χ4v) is 3.08. The smallest absolute Gasteiger partial charge is 0.247 e. The summed E-state index contributed by atoms with van der Waals surface area (Å²) in [5.41, 5.74) is 2.95. The molecule has 0 aliphatic rings. The first-order valence-corrected chi connectivity index (χ1v) is 8.65. The maximum atomic E-state index is 5.72. The van der Waals surface area contributed by atoms with Gasteiger partial charge in [0.2, 0.25) is 16.9 Å². The molecule has 124 valence electrons. The molecular formula is C17H14N6OS. The maximum absolute atomic E-state index is 5.72. The van der Waals surface area contributed by atoms with Crippen LogP contribution in [0.4, 0.5) is 0 Å². The highest BCUT2D eigenvalue weighted by atomic mass is 32.2. The summed E-state index contributed by atoms with van der Waals surface area (Å²) in [5.74, 6) is 1.53. The summed E-state index contributed by atoms with van der Waals surface area (Å²) in [4.78, 5) is 0. The van der Waals surface area contributed by atoms with E-state index in [0.29, 0.717) is 22.7 Å². The van der Waals surface area contributed by atoms with E-state index in [1.165, 1.54) is 11.8 Å². The number of thioether (sulfide) groups is 1. The zero-order valence-corrected chi connectivity index (χ0v) is 14.2. The summed E-state index contributed by atoms with van der Waals surface area (Å²) >= 11 is 1.45. The topological polar surface area (TPSA) is 82.5 Å². The molecule has 0 atom stereocenters. The van der Waals surface area contributed by atoms with Gasteiger partial charge in [-0.2, -0.15) is 4.68 Å². The average molecular weight is 350 g/mol. The quantitative estimate of drug-likeness (QED) is 0.511. The second kappa shape index (κ2) is 6.86. The minimum Gasteiger partial charge on any atom is -0.420 e. The molecule has 0 aliphatic carbocycles. The number of rotatable bonds is 5. The summed E-state index contributed by atoms with van der Waals surface area (Å²) < 4.78 is 7.43. The minimum atomic E-state index is 0.492. The number of aryl methyl sites for hydroxylation is 1. The largest absolute Gasteiger partial charge is 0.420 e. The molecule has 2 aromatic heterocycles. The lowest BCUT2D eigenvalue weighted by Gasteiger charge is -2.06. The molecule has 0 N–H and O–H groups in total. The van der Waals surface area contributed by atoms with Crippen LogP contribution in [0.15, 0.2) is 64.2 Å². The fraction of sp³-hybridized carbons (Fsp3) is 0.118. The van der Waals surface area contributed by atoms with E-state index in [-0.39, 0.29) is 0 Å². The Morgan fingerprint density at radius 1 is 0.960 bits per heavy atom. The van der Waals surface area contributed by atoms with Gasteiger partial charge in [-0.05, 0) is 41.1 Å². The monoisotopic (exact) mass is 350 g/mol. The Balaban J connectivity index is 1.51. The predicted octanol–water partition coefficient (Wildman–Crippen LogP) is 3.31. The first-order valence-electron chi connectivity index (χ1n) is 7.66. The summed E-state index contributed by atoms with van der Waals surface area (Å²) in [5, 5.41) is 20.8. The highest BCUT2D eigenvalue weighted by molar-refractivity contribution is 7.98. The third-order valence-electron chi connectivity index (χ3n) is 3.60. The van der Waals surface area contributed by atoms with Crippen LogP contribution in [0.3, 0.4) is 0 Å². The third-order valence-corrected chi connectivity index (χ3v) is 4.50. The fourth-order valence-electron chi connectivity index (χ4n) is 2.36. The van der Waals surface area contributed by atoms with Crippen molar-refractivity contribution in [1.82, 2.24) is 30.4 Å². The molecule has 0 saturated carbocycles. The highest BCUT2D eigenvalue weighted by Gasteiger charge is 2.14. The number of nitrogens with zero attached hydrogens (tertiary/aromatic N) is 6. The van der Waals surface area contributed by atoms with E-state index < -0.39 is 0 Å². The molecule has 0 radical (unpaired) electrons. The number of tetrazole rings is 1. The van der Waals surface area contributed by atoms with Crippen molar-refractivity contribution in [3.05, 3.63) is 66.1 Å². The van der Waals surface area contributed by atoms with Crippen molar-refractivity contribution in [2.24, 2.45) is 0 Å². The first-order chi connectivity index (χ1) is 12.3. The summed E-state index contributed by atoms with van der Waals surface area (Å²) in [6, 6.07) is 17.6. The van der Waals surface area contributed by atoms with E-state index in [1.54, 1.807) is 4.68 Å². The Morgan fingerprint density at radius 3 is 2.60 bits per heavy atom. The van der Waals surface area contributed by atoms with E-state index in [0.717, 1.165) is 16.8 Å². The summed E-state index contributed by atoms with van der Waals surface area (Å²) in [6.07, 6.45) is 0. The second-order valence-electron chi connectivity index (χ2n) is 5.32. The van der Waals surface area contributed by atoms with Crippen LogP contribution in [0.25, 0.3) is 17.1 Å². The van der Waals surface area contributed by atoms with Gasteiger partial charge in [0.1, 0.15) is 0 Å².